The molecule has 506 valence electrons. The molecular weight excluding hydrogens is 1160 g/mol. The molecule has 1 aromatic rings. The summed E-state index contributed by atoms with van der Waals surface area (Å²) in [5, 5.41) is 37.3. The van der Waals surface area contributed by atoms with Crippen LogP contribution >= 0.6 is 0 Å². The number of likely N-dealkylation sites (N-methyl/N-ethyl adjacent to an activating group) is 1. The summed E-state index contributed by atoms with van der Waals surface area (Å²) in [7, 11) is 1.30. The summed E-state index contributed by atoms with van der Waals surface area (Å²) in [6.45, 7) is 13.1. The summed E-state index contributed by atoms with van der Waals surface area (Å²) in [5.74, 6) is -9.89. The third-order valence-corrected chi connectivity index (χ3v) is 16.5. The van der Waals surface area contributed by atoms with E-state index in [0.29, 0.717) is 51.5 Å². The second-order valence-corrected chi connectivity index (χ2v) is 25.0. The lowest BCUT2D eigenvalue weighted by Crippen LogP contribution is -2.61. The maximum absolute atomic E-state index is 15.0. The number of piperidine rings is 1. The molecule has 10 amide bonds. The van der Waals surface area contributed by atoms with Crippen LogP contribution in [0, 0.1) is 17.8 Å². The Morgan fingerprint density at radius 2 is 1.26 bits per heavy atom. The number of aliphatic hydroxyl groups excluding tert-OH is 1. The second-order valence-electron chi connectivity index (χ2n) is 25.0. The Bertz CT molecular complexity index is 2550. The molecule has 0 bridgehead atoms. The molecule has 0 aliphatic carbocycles. The van der Waals surface area contributed by atoms with E-state index in [2.05, 4.69) is 43.8 Å². The van der Waals surface area contributed by atoms with Crippen molar-refractivity contribution in [1.82, 2.24) is 46.6 Å². The summed E-state index contributed by atoms with van der Waals surface area (Å²) in [6, 6.07) is -2.64. The minimum atomic E-state index is -1.81. The number of β-amino-alcohol motifs (C(OH)–C–C–N with tert-alkyl or cyclic N) is 1. The molecule has 0 saturated carbocycles. The van der Waals surface area contributed by atoms with Crippen molar-refractivity contribution in [2.24, 2.45) is 45.7 Å². The Kier molecular flexibility index (Phi) is 33.8. The number of amides is 10. The fraction of sp³-hybridized carbons (Fsp3) is 0.714. The van der Waals surface area contributed by atoms with Crippen molar-refractivity contribution in [2.75, 3.05) is 33.2 Å². The van der Waals surface area contributed by atoms with Gasteiger partial charge in [0.25, 0.3) is 0 Å². The molecule has 0 aromatic heterocycles. The van der Waals surface area contributed by atoms with E-state index in [-0.39, 0.29) is 88.3 Å². The molecule has 90 heavy (non-hydrogen) atoms. The molecule has 2 fully saturated rings. The van der Waals surface area contributed by atoms with Crippen molar-refractivity contribution >= 4 is 71.0 Å². The monoisotopic (exact) mass is 1270 g/mol. The number of carbonyl (C=O) groups excluding carboxylic acids is 10. The lowest BCUT2D eigenvalue weighted by atomic mass is 9.97. The van der Waals surface area contributed by atoms with Crippen LogP contribution < -0.4 is 54.8 Å². The zero-order chi connectivity index (χ0) is 67.2. The number of guanidine groups is 1. The topological polar surface area (TPSA) is 427 Å². The van der Waals surface area contributed by atoms with Crippen molar-refractivity contribution in [3.63, 3.8) is 0 Å². The molecule has 0 spiro atoms. The standard InChI is InChI=1S/C63H106N14O13/c1-9-11-12-13-17-28-51(79)76-31-21-19-27-48(76)59(87)71-45(34-41-23-15-14-16-24-41)57(85)69-43(25-18-20-29-64)55(83)73-47(32-38(3)4)61(89)77-37-42(78)35-50(77)62(90)75(8)49(33-39(5)6)60(88)72-46(36-52(80)81)58(86)70-44(26-22-30-68-63(66)67)56(84)74-53(54(65)82)40(7)10-2/h14-16,23-24,38-40,42-50,53,78H,9-13,17-22,25-37,64H2,1-8H3,(H2,65,82)(H,69,85)(H,70,86)(H,71,87)(H,72,88)(H,73,83)(H,74,84)(H,80,81)(H4,66,67,68)/t40-,42+,43-,44-,45-,46-,47-,48+,49+,50-,53-/m0/s1. The number of carboxylic acids is 1. The number of benzene rings is 1. The molecule has 1 aromatic carbocycles. The number of hydrogen-bond donors (Lipinski definition) is 12. The molecule has 2 aliphatic heterocycles. The number of primary amides is 1. The number of nitrogens with two attached hydrogens (primary N) is 4. The van der Waals surface area contributed by atoms with Crippen molar-refractivity contribution in [2.45, 2.75) is 237 Å². The summed E-state index contributed by atoms with van der Waals surface area (Å²) in [5.41, 5.74) is 23.1. The van der Waals surface area contributed by atoms with Gasteiger partial charge in [-0.05, 0) is 100 Å². The number of aliphatic hydroxyl groups is 1. The molecule has 27 nitrogen and oxygen atoms in total. The zero-order valence-electron chi connectivity index (χ0n) is 54.3. The molecular formula is C63H106N14O13. The SMILES string of the molecule is CCCCCCCC(=O)N1CCCC[C@@H]1C(=O)N[C@@H](Cc1ccccc1)C(=O)N[C@@H](CCCCN)C(=O)N[C@@H](CC(C)C)C(=O)N1C[C@H](O)C[C@H]1C(=O)N(C)[C@H](CC(C)C)C(=O)N[C@@H](CC(=O)O)C(=O)N[C@@H](CCCN=C(N)N)C(=O)N[C@H](C(N)=O)[C@@H](C)CC. The number of nitrogens with one attached hydrogen (secondary N) is 6. The van der Waals surface area contributed by atoms with Crippen LogP contribution in [-0.4, -0.2) is 190 Å². The molecule has 2 heterocycles. The van der Waals surface area contributed by atoms with Gasteiger partial charge >= 0.3 is 5.97 Å². The Balaban J connectivity index is 1.93. The van der Waals surface area contributed by atoms with Crippen molar-refractivity contribution in [3.05, 3.63) is 35.9 Å². The number of aliphatic imine (C=N–C) groups is 1. The van der Waals surface area contributed by atoms with Crippen molar-refractivity contribution in [1.29, 1.82) is 0 Å². The zero-order valence-corrected chi connectivity index (χ0v) is 54.3. The number of unbranched alkanes of at least 4 members (excludes halogenated alkanes) is 5. The normalized spacial score (nSPS) is 18.3. The van der Waals surface area contributed by atoms with Gasteiger partial charge in [-0.2, -0.15) is 0 Å². The summed E-state index contributed by atoms with van der Waals surface area (Å²) in [4.78, 5) is 162. The highest BCUT2D eigenvalue weighted by Crippen LogP contribution is 2.26. The molecule has 27 heteroatoms. The summed E-state index contributed by atoms with van der Waals surface area (Å²) < 4.78 is 0. The lowest BCUT2D eigenvalue weighted by Gasteiger charge is -2.36. The highest BCUT2D eigenvalue weighted by atomic mass is 16.4. The Morgan fingerprint density at radius 1 is 0.667 bits per heavy atom. The third kappa shape index (κ3) is 25.8. The van der Waals surface area contributed by atoms with E-state index in [1.807, 2.05) is 19.9 Å². The Labute approximate surface area is 530 Å². The maximum atomic E-state index is 15.0. The number of nitrogens with zero attached hydrogens (tertiary/aromatic N) is 4. The average molecular weight is 1270 g/mol. The number of hydrogen-bond acceptors (Lipinski definition) is 14. The molecule has 0 unspecified atom stereocenters. The molecule has 16 N–H and O–H groups in total. The number of rotatable bonds is 40. The summed E-state index contributed by atoms with van der Waals surface area (Å²) in [6.07, 6.45) is 6.01. The number of aliphatic carboxylic acids is 1. The van der Waals surface area contributed by atoms with Gasteiger partial charge in [0.1, 0.15) is 54.4 Å². The van der Waals surface area contributed by atoms with Crippen LogP contribution in [0.5, 0.6) is 0 Å². The fourth-order valence-corrected chi connectivity index (χ4v) is 11.3. The van der Waals surface area contributed by atoms with Crippen LogP contribution in [-0.2, 0) is 59.2 Å². The number of carbonyl (C=O) groups is 11. The highest BCUT2D eigenvalue weighted by Gasteiger charge is 2.46. The summed E-state index contributed by atoms with van der Waals surface area (Å²) >= 11 is 0. The second kappa shape index (κ2) is 39.7. The molecule has 2 aliphatic rings. The number of carboxylic acid groups (broad SMARTS) is 1. The van der Waals surface area contributed by atoms with Crippen LogP contribution in [0.15, 0.2) is 35.3 Å². The van der Waals surface area contributed by atoms with E-state index in [0.717, 1.165) is 47.5 Å². The van der Waals surface area contributed by atoms with E-state index in [1.165, 1.54) is 7.05 Å². The van der Waals surface area contributed by atoms with Crippen molar-refractivity contribution in [3.8, 4) is 0 Å². The van der Waals surface area contributed by atoms with Gasteiger partial charge in [0.15, 0.2) is 5.96 Å². The van der Waals surface area contributed by atoms with E-state index < -0.39 is 132 Å². The molecule has 0 radical (unpaired) electrons. The van der Waals surface area contributed by atoms with Crippen LogP contribution in [0.2, 0.25) is 0 Å². The highest BCUT2D eigenvalue weighted by molar-refractivity contribution is 5.99. The van der Waals surface area contributed by atoms with Gasteiger partial charge in [-0.1, -0.05) is 111 Å². The van der Waals surface area contributed by atoms with Gasteiger partial charge in [-0.3, -0.25) is 57.7 Å². The van der Waals surface area contributed by atoms with Gasteiger partial charge in [-0.25, -0.2) is 0 Å². The van der Waals surface area contributed by atoms with E-state index in [9.17, 15) is 63.0 Å². The first-order valence-corrected chi connectivity index (χ1v) is 32.3. The first kappa shape index (κ1) is 76.8. The maximum Gasteiger partial charge on any atom is 0.305 e. The number of likely N-dealkylation sites (tertiary alicyclic amines) is 2. The van der Waals surface area contributed by atoms with Crippen molar-refractivity contribution < 1.29 is 63.0 Å². The quantitative estimate of drug-likeness (QED) is 0.0247. The van der Waals surface area contributed by atoms with Gasteiger partial charge < -0.3 is 79.7 Å². The van der Waals surface area contributed by atoms with Crippen LogP contribution in [0.1, 0.15) is 176 Å². The lowest BCUT2D eigenvalue weighted by molar-refractivity contribution is -0.149. The molecule has 3 rings (SSSR count). The minimum Gasteiger partial charge on any atom is -0.481 e. The first-order chi connectivity index (χ1) is 42.6. The van der Waals surface area contributed by atoms with Gasteiger partial charge in [-0.15, -0.1) is 0 Å². The van der Waals surface area contributed by atoms with E-state index in [4.69, 9.17) is 22.9 Å². The third-order valence-electron chi connectivity index (χ3n) is 16.5. The molecule has 11 atom stereocenters. The van der Waals surface area contributed by atoms with Gasteiger partial charge in [0.05, 0.1) is 12.5 Å². The van der Waals surface area contributed by atoms with Crippen LogP contribution in [0.4, 0.5) is 0 Å². The van der Waals surface area contributed by atoms with E-state index >= 15 is 0 Å². The first-order valence-electron chi connectivity index (χ1n) is 32.3. The van der Waals surface area contributed by atoms with Gasteiger partial charge in [0, 0.05) is 45.9 Å². The van der Waals surface area contributed by atoms with E-state index in [1.54, 1.807) is 56.9 Å². The Morgan fingerprint density at radius 3 is 1.84 bits per heavy atom. The Hall–Kier alpha value is -7.42. The predicted octanol–water partition coefficient (Wildman–Crippen LogP) is 0.949. The largest absolute Gasteiger partial charge is 0.481 e. The average Bonchev–Trinajstić information content (AvgIpc) is 1.87. The minimum absolute atomic E-state index is 0.0320. The molecule has 2 saturated heterocycles. The predicted molar refractivity (Wildman–Crippen MR) is 340 cm³/mol. The van der Waals surface area contributed by atoms with Crippen LogP contribution in [0.3, 0.4) is 0 Å². The van der Waals surface area contributed by atoms with Gasteiger partial charge in [0.2, 0.25) is 59.1 Å². The smallest absolute Gasteiger partial charge is 0.305 e. The fourth-order valence-electron chi connectivity index (χ4n) is 11.3. The van der Waals surface area contributed by atoms with Crippen LogP contribution in [0.25, 0.3) is 0 Å².